The zero-order valence-electron chi connectivity index (χ0n) is 29.5. The van der Waals surface area contributed by atoms with Crippen molar-refractivity contribution in [3.63, 3.8) is 0 Å². The number of benzene rings is 2. The second-order valence-corrected chi connectivity index (χ2v) is 20.0. The fraction of sp³-hybridized carbons (Fsp3) is 0.676. The predicted molar refractivity (Wildman–Crippen MR) is 181 cm³/mol. The molecule has 3 aliphatic heterocycles. The normalized spacial score (nSPS) is 32.7. The van der Waals surface area contributed by atoms with Gasteiger partial charge < -0.3 is 42.7 Å². The molecule has 2 aromatic rings. The molecular weight excluding hydrogens is 616 g/mol. The summed E-state index contributed by atoms with van der Waals surface area (Å²) >= 11 is 0. The molecule has 1 N–H and O–H groups in total. The van der Waals surface area contributed by atoms with E-state index in [2.05, 4.69) is 41.5 Å². The van der Waals surface area contributed by atoms with Crippen molar-refractivity contribution in [2.24, 2.45) is 0 Å². The van der Waals surface area contributed by atoms with Gasteiger partial charge in [-0.2, -0.15) is 0 Å². The third kappa shape index (κ3) is 8.20. The van der Waals surface area contributed by atoms with Crippen molar-refractivity contribution in [1.29, 1.82) is 0 Å². The Labute approximate surface area is 282 Å². The molecular formula is C37H56O9Si. The minimum absolute atomic E-state index is 0.139. The molecule has 5 rings (SSSR count). The van der Waals surface area contributed by atoms with Crippen molar-refractivity contribution in [1.82, 2.24) is 0 Å². The molecule has 0 saturated carbocycles. The van der Waals surface area contributed by atoms with Gasteiger partial charge in [0, 0.05) is 0 Å². The average molecular weight is 673 g/mol. The van der Waals surface area contributed by atoms with Crippen LogP contribution in [0.3, 0.4) is 0 Å². The fourth-order valence-corrected chi connectivity index (χ4v) is 13.1. The van der Waals surface area contributed by atoms with Gasteiger partial charge in [-0.3, -0.25) is 0 Å². The standard InChI is InChI=1S/C37H56O9Si/c1-23(2)47(24(3)4,25(5)6)46-36-34-33(44-37(8,9)45-34)31(26(7)42-36)43-35-32(40-21-28-18-14-11-15-19-28)30(38)29(22-41-35)39-20-27-16-12-10-13-17-27/h10-19,23-26,29-36,38H,20-22H2,1-9H3/t26-,29+,30-,31-,32+,33+,34+,35-,36+/m0/s1. The molecule has 0 aliphatic carbocycles. The van der Waals surface area contributed by atoms with E-state index in [1.54, 1.807) is 0 Å². The molecule has 262 valence electrons. The molecule has 9 nitrogen and oxygen atoms in total. The van der Waals surface area contributed by atoms with Crippen LogP contribution in [0, 0.1) is 0 Å². The van der Waals surface area contributed by atoms with Crippen molar-refractivity contribution < 1.29 is 42.7 Å². The predicted octanol–water partition coefficient (Wildman–Crippen LogP) is 6.72. The molecule has 10 heteroatoms. The molecule has 3 aliphatic rings. The van der Waals surface area contributed by atoms with Crippen molar-refractivity contribution in [2.75, 3.05) is 6.61 Å². The minimum atomic E-state index is -2.31. The first-order chi connectivity index (χ1) is 22.3. The largest absolute Gasteiger partial charge is 0.389 e. The second kappa shape index (κ2) is 15.5. The second-order valence-electron chi connectivity index (χ2n) is 14.6. The van der Waals surface area contributed by atoms with E-state index in [0.717, 1.165) is 11.1 Å². The molecule has 0 aromatic heterocycles. The highest BCUT2D eigenvalue weighted by atomic mass is 28.4. The first-order valence-corrected chi connectivity index (χ1v) is 19.4. The van der Waals surface area contributed by atoms with E-state index in [1.165, 1.54) is 0 Å². The van der Waals surface area contributed by atoms with Crippen LogP contribution < -0.4 is 0 Å². The summed E-state index contributed by atoms with van der Waals surface area (Å²) in [7, 11) is -2.31. The van der Waals surface area contributed by atoms with Crippen molar-refractivity contribution >= 4 is 8.32 Å². The van der Waals surface area contributed by atoms with Crippen molar-refractivity contribution in [3.05, 3.63) is 71.8 Å². The molecule has 3 fully saturated rings. The number of fused-ring (bicyclic) bond motifs is 1. The van der Waals surface area contributed by atoms with Gasteiger partial charge in [-0.1, -0.05) is 102 Å². The molecule has 0 spiro atoms. The van der Waals surface area contributed by atoms with Crippen LogP contribution in [-0.4, -0.2) is 81.1 Å². The van der Waals surface area contributed by atoms with Gasteiger partial charge in [0.05, 0.1) is 25.9 Å². The van der Waals surface area contributed by atoms with E-state index in [4.69, 9.17) is 37.6 Å². The zero-order valence-corrected chi connectivity index (χ0v) is 30.5. The summed E-state index contributed by atoms with van der Waals surface area (Å²) in [6.45, 7) is 20.1. The summed E-state index contributed by atoms with van der Waals surface area (Å²) in [5.74, 6) is -0.865. The van der Waals surface area contributed by atoms with E-state index in [-0.39, 0.29) is 13.2 Å². The molecule has 0 unspecified atom stereocenters. The number of rotatable bonds is 13. The van der Waals surface area contributed by atoms with E-state index < -0.39 is 69.4 Å². The van der Waals surface area contributed by atoms with Gasteiger partial charge in [-0.15, -0.1) is 0 Å². The van der Waals surface area contributed by atoms with E-state index in [0.29, 0.717) is 23.2 Å². The van der Waals surface area contributed by atoms with Crippen LogP contribution in [0.4, 0.5) is 0 Å². The summed E-state index contributed by atoms with van der Waals surface area (Å²) in [5, 5.41) is 11.6. The monoisotopic (exact) mass is 672 g/mol. The molecule has 0 radical (unpaired) electrons. The Hall–Kier alpha value is -1.70. The van der Waals surface area contributed by atoms with Crippen LogP contribution in [0.5, 0.6) is 0 Å². The van der Waals surface area contributed by atoms with Crippen LogP contribution in [-0.2, 0) is 50.8 Å². The highest BCUT2D eigenvalue weighted by Crippen LogP contribution is 2.47. The number of hydrogen-bond acceptors (Lipinski definition) is 9. The summed E-state index contributed by atoms with van der Waals surface area (Å²) in [4.78, 5) is 0. The van der Waals surface area contributed by atoms with Gasteiger partial charge in [0.25, 0.3) is 0 Å². The lowest BCUT2D eigenvalue weighted by Crippen LogP contribution is -2.63. The molecule has 47 heavy (non-hydrogen) atoms. The topological polar surface area (TPSA) is 94.1 Å². The lowest BCUT2D eigenvalue weighted by atomic mass is 9.99. The number of aliphatic hydroxyl groups is 1. The molecule has 2 aromatic carbocycles. The molecule has 0 bridgehead atoms. The van der Waals surface area contributed by atoms with Gasteiger partial charge in [0.2, 0.25) is 8.32 Å². The Balaban J connectivity index is 1.35. The Morgan fingerprint density at radius 3 is 1.85 bits per heavy atom. The Kier molecular flexibility index (Phi) is 12.0. The van der Waals surface area contributed by atoms with Gasteiger partial charge in [-0.05, 0) is 48.5 Å². The van der Waals surface area contributed by atoms with Crippen LogP contribution in [0.25, 0.3) is 0 Å². The molecule has 0 amide bonds. The number of ether oxygens (including phenoxy) is 7. The smallest absolute Gasteiger partial charge is 0.203 e. The quantitative estimate of drug-likeness (QED) is 0.233. The lowest BCUT2D eigenvalue weighted by Gasteiger charge is -2.49. The Bertz CT molecular complexity index is 1220. The number of aliphatic hydroxyl groups excluding tert-OH is 1. The lowest BCUT2D eigenvalue weighted by molar-refractivity contribution is -0.334. The minimum Gasteiger partial charge on any atom is -0.389 e. The third-order valence-corrected chi connectivity index (χ3v) is 15.9. The highest BCUT2D eigenvalue weighted by molar-refractivity contribution is 6.77. The fourth-order valence-electron chi connectivity index (χ4n) is 7.70. The maximum absolute atomic E-state index is 11.6. The first kappa shape index (κ1) is 36.6. The average Bonchev–Trinajstić information content (AvgIpc) is 3.36. The SMILES string of the molecule is CC(C)[Si](O[C@H]1O[C@@H](C)[C@H](O[C@@H]2OC[C@@H](OCc3ccccc3)[C@H](O)[C@H]2OCc2ccccc2)[C@H]2OC(C)(C)O[C@@H]12)(C(C)C)C(C)C. The molecule has 3 saturated heterocycles. The Morgan fingerprint density at radius 1 is 0.766 bits per heavy atom. The van der Waals surface area contributed by atoms with Crippen LogP contribution >= 0.6 is 0 Å². The summed E-state index contributed by atoms with van der Waals surface area (Å²) in [6.07, 6.45) is -5.92. The van der Waals surface area contributed by atoms with Crippen LogP contribution in [0.2, 0.25) is 16.6 Å². The van der Waals surface area contributed by atoms with E-state index in [9.17, 15) is 5.11 Å². The maximum atomic E-state index is 11.6. The highest BCUT2D eigenvalue weighted by Gasteiger charge is 2.59. The van der Waals surface area contributed by atoms with E-state index in [1.807, 2.05) is 81.4 Å². The van der Waals surface area contributed by atoms with E-state index >= 15 is 0 Å². The van der Waals surface area contributed by atoms with Crippen LogP contribution in [0.1, 0.15) is 73.4 Å². The molecule has 3 heterocycles. The van der Waals surface area contributed by atoms with Gasteiger partial charge in [-0.25, -0.2) is 0 Å². The van der Waals surface area contributed by atoms with Crippen molar-refractivity contribution in [2.45, 2.75) is 153 Å². The number of hydrogen-bond donors (Lipinski definition) is 1. The third-order valence-electron chi connectivity index (χ3n) is 9.89. The van der Waals surface area contributed by atoms with Gasteiger partial charge >= 0.3 is 0 Å². The maximum Gasteiger partial charge on any atom is 0.203 e. The van der Waals surface area contributed by atoms with Crippen LogP contribution in [0.15, 0.2) is 60.7 Å². The summed E-state index contributed by atoms with van der Waals surface area (Å²) in [6, 6.07) is 19.7. The summed E-state index contributed by atoms with van der Waals surface area (Å²) < 4.78 is 52.3. The van der Waals surface area contributed by atoms with Gasteiger partial charge in [0.15, 0.2) is 18.4 Å². The van der Waals surface area contributed by atoms with Gasteiger partial charge in [0.1, 0.15) is 36.6 Å². The molecule has 9 atom stereocenters. The first-order valence-electron chi connectivity index (χ1n) is 17.3. The van der Waals surface area contributed by atoms with Crippen molar-refractivity contribution in [3.8, 4) is 0 Å². The summed E-state index contributed by atoms with van der Waals surface area (Å²) in [5.41, 5.74) is 3.11. The zero-order chi connectivity index (χ0) is 33.9. The Morgan fingerprint density at radius 2 is 1.30 bits per heavy atom.